The first-order chi connectivity index (χ1) is 7.81. The molecule has 0 aliphatic rings. The molecule has 1 rings (SSSR count). The van der Waals surface area contributed by atoms with Gasteiger partial charge in [-0.2, -0.15) is 0 Å². The van der Waals surface area contributed by atoms with Gasteiger partial charge in [0.25, 0.3) is 0 Å². The molecule has 0 aliphatic carbocycles. The first-order valence-electron chi connectivity index (χ1n) is 5.84. The van der Waals surface area contributed by atoms with E-state index in [1.165, 1.54) is 0 Å². The average Bonchev–Trinajstić information content (AvgIpc) is 2.61. The van der Waals surface area contributed by atoms with Crippen LogP contribution in [-0.4, -0.2) is 19.7 Å². The monoisotopic (exact) mass is 259 g/mol. The minimum Gasteiger partial charge on any atom is -0.464 e. The molecule has 1 N–H and O–H groups in total. The summed E-state index contributed by atoms with van der Waals surface area (Å²) in [5.41, 5.74) is 0. The normalized spacial score (nSPS) is 12.6. The first kappa shape index (κ1) is 14.3. The quantitative estimate of drug-likeness (QED) is 0.850. The number of rotatable bonds is 6. The highest BCUT2D eigenvalue weighted by Gasteiger charge is 2.18. The van der Waals surface area contributed by atoms with Crippen molar-refractivity contribution >= 4 is 9.84 Å². The smallest absolute Gasteiger partial charge is 0.159 e. The third-order valence-electron chi connectivity index (χ3n) is 2.46. The highest BCUT2D eigenvalue weighted by atomic mass is 32.2. The van der Waals surface area contributed by atoms with Gasteiger partial charge in [0.2, 0.25) is 0 Å². The van der Waals surface area contributed by atoms with Gasteiger partial charge in [0.1, 0.15) is 17.3 Å². The zero-order chi connectivity index (χ0) is 13.1. The Morgan fingerprint density at radius 2 is 1.76 bits per heavy atom. The maximum absolute atomic E-state index is 11.7. The number of furan rings is 1. The molecule has 98 valence electrons. The minimum absolute atomic E-state index is 0.0215. The number of sulfone groups is 1. The van der Waals surface area contributed by atoms with Crippen molar-refractivity contribution in [1.82, 2.24) is 5.32 Å². The Morgan fingerprint density at radius 3 is 2.29 bits per heavy atom. The minimum atomic E-state index is -3.08. The molecular weight excluding hydrogens is 238 g/mol. The van der Waals surface area contributed by atoms with Crippen molar-refractivity contribution in [2.24, 2.45) is 0 Å². The van der Waals surface area contributed by atoms with Crippen LogP contribution in [0.15, 0.2) is 16.5 Å². The maximum Gasteiger partial charge on any atom is 0.159 e. The summed E-state index contributed by atoms with van der Waals surface area (Å²) in [7, 11) is -3.08. The largest absolute Gasteiger partial charge is 0.464 e. The van der Waals surface area contributed by atoms with Crippen molar-refractivity contribution in [1.29, 1.82) is 0 Å². The predicted octanol–water partition coefficient (Wildman–Crippen LogP) is 2.10. The summed E-state index contributed by atoms with van der Waals surface area (Å²) < 4.78 is 28.9. The molecule has 0 unspecified atom stereocenters. The van der Waals surface area contributed by atoms with Gasteiger partial charge in [-0.15, -0.1) is 0 Å². The van der Waals surface area contributed by atoms with Crippen molar-refractivity contribution in [3.05, 3.63) is 23.7 Å². The fraction of sp³-hybridized carbons (Fsp3) is 0.667. The number of hydrogen-bond donors (Lipinski definition) is 1. The van der Waals surface area contributed by atoms with Crippen LogP contribution < -0.4 is 5.32 Å². The first-order valence-corrected chi connectivity index (χ1v) is 7.55. The Bertz CT molecular complexity index is 446. The lowest BCUT2D eigenvalue weighted by Crippen LogP contribution is -2.21. The SMILES string of the molecule is CC(C)NCc1ccc(CS(=O)(=O)C(C)C)o1. The van der Waals surface area contributed by atoms with Gasteiger partial charge in [-0.1, -0.05) is 13.8 Å². The Hall–Kier alpha value is -0.810. The van der Waals surface area contributed by atoms with Gasteiger partial charge in [-0.3, -0.25) is 0 Å². The van der Waals surface area contributed by atoms with E-state index < -0.39 is 9.84 Å². The van der Waals surface area contributed by atoms with Gasteiger partial charge >= 0.3 is 0 Å². The lowest BCUT2D eigenvalue weighted by Gasteiger charge is -2.06. The van der Waals surface area contributed by atoms with E-state index in [1.54, 1.807) is 19.9 Å². The van der Waals surface area contributed by atoms with Crippen molar-refractivity contribution in [2.75, 3.05) is 0 Å². The van der Waals surface area contributed by atoms with Gasteiger partial charge in [0, 0.05) is 6.04 Å². The zero-order valence-electron chi connectivity index (χ0n) is 10.9. The summed E-state index contributed by atoms with van der Waals surface area (Å²) in [5.74, 6) is 1.26. The molecule has 1 heterocycles. The summed E-state index contributed by atoms with van der Waals surface area (Å²) in [6.45, 7) is 8.08. The van der Waals surface area contributed by atoms with E-state index in [-0.39, 0.29) is 11.0 Å². The summed E-state index contributed by atoms with van der Waals surface area (Å²) >= 11 is 0. The summed E-state index contributed by atoms with van der Waals surface area (Å²) in [5, 5.41) is 2.85. The molecule has 0 saturated carbocycles. The van der Waals surface area contributed by atoms with Gasteiger partial charge in [0.15, 0.2) is 9.84 Å². The fourth-order valence-electron chi connectivity index (χ4n) is 1.26. The van der Waals surface area contributed by atoms with E-state index in [0.717, 1.165) is 5.76 Å². The van der Waals surface area contributed by atoms with Gasteiger partial charge in [-0.25, -0.2) is 8.42 Å². The van der Waals surface area contributed by atoms with E-state index in [4.69, 9.17) is 4.42 Å². The molecule has 1 aromatic rings. The second-order valence-electron chi connectivity index (χ2n) is 4.76. The highest BCUT2D eigenvalue weighted by Crippen LogP contribution is 2.14. The Kier molecular flexibility index (Phi) is 4.77. The van der Waals surface area contributed by atoms with Crippen LogP contribution in [0.25, 0.3) is 0 Å². The van der Waals surface area contributed by atoms with E-state index in [1.807, 2.05) is 19.9 Å². The molecule has 0 spiro atoms. The lowest BCUT2D eigenvalue weighted by molar-refractivity contribution is 0.443. The second-order valence-corrected chi connectivity index (χ2v) is 7.32. The van der Waals surface area contributed by atoms with Crippen LogP contribution in [0.4, 0.5) is 0 Å². The summed E-state index contributed by atoms with van der Waals surface area (Å²) in [4.78, 5) is 0. The van der Waals surface area contributed by atoms with E-state index >= 15 is 0 Å². The van der Waals surface area contributed by atoms with Crippen LogP contribution in [0, 0.1) is 0 Å². The molecule has 0 aromatic carbocycles. The number of nitrogens with one attached hydrogen (secondary N) is 1. The third kappa shape index (κ3) is 4.52. The zero-order valence-corrected chi connectivity index (χ0v) is 11.7. The molecule has 0 radical (unpaired) electrons. The van der Waals surface area contributed by atoms with E-state index in [2.05, 4.69) is 5.32 Å². The number of hydrogen-bond acceptors (Lipinski definition) is 4. The van der Waals surface area contributed by atoms with E-state index in [9.17, 15) is 8.42 Å². The van der Waals surface area contributed by atoms with Crippen LogP contribution >= 0.6 is 0 Å². The second kappa shape index (κ2) is 5.69. The highest BCUT2D eigenvalue weighted by molar-refractivity contribution is 7.91. The van der Waals surface area contributed by atoms with Crippen molar-refractivity contribution in [3.8, 4) is 0 Å². The molecule has 0 saturated heterocycles. The van der Waals surface area contributed by atoms with Crippen LogP contribution in [0.2, 0.25) is 0 Å². The molecule has 5 heteroatoms. The lowest BCUT2D eigenvalue weighted by atomic mass is 10.3. The molecule has 1 aromatic heterocycles. The standard InChI is InChI=1S/C12H21NO3S/c1-9(2)13-7-11-5-6-12(16-11)8-17(14,15)10(3)4/h5-6,9-10,13H,7-8H2,1-4H3. The predicted molar refractivity (Wildman–Crippen MR) is 68.4 cm³/mol. The van der Waals surface area contributed by atoms with Gasteiger partial charge in [0.05, 0.1) is 11.8 Å². The molecule has 4 nitrogen and oxygen atoms in total. The summed E-state index contributed by atoms with van der Waals surface area (Å²) in [6.07, 6.45) is 0. The van der Waals surface area contributed by atoms with Crippen LogP contribution in [0.3, 0.4) is 0 Å². The summed E-state index contributed by atoms with van der Waals surface area (Å²) in [6, 6.07) is 3.93. The molecule has 0 fully saturated rings. The van der Waals surface area contributed by atoms with Crippen molar-refractivity contribution in [2.45, 2.75) is 51.3 Å². The Balaban J connectivity index is 2.63. The van der Waals surface area contributed by atoms with Gasteiger partial charge < -0.3 is 9.73 Å². The topological polar surface area (TPSA) is 59.3 Å². The van der Waals surface area contributed by atoms with Crippen LogP contribution in [0.5, 0.6) is 0 Å². The Morgan fingerprint density at radius 1 is 1.18 bits per heavy atom. The molecule has 17 heavy (non-hydrogen) atoms. The average molecular weight is 259 g/mol. The van der Waals surface area contributed by atoms with Crippen LogP contribution in [0.1, 0.15) is 39.2 Å². The van der Waals surface area contributed by atoms with Gasteiger partial charge in [-0.05, 0) is 26.0 Å². The molecular formula is C12H21NO3S. The fourth-order valence-corrected chi connectivity index (χ4v) is 2.15. The maximum atomic E-state index is 11.7. The molecule has 0 bridgehead atoms. The van der Waals surface area contributed by atoms with Crippen LogP contribution in [-0.2, 0) is 22.1 Å². The van der Waals surface area contributed by atoms with Crippen molar-refractivity contribution < 1.29 is 12.8 Å². The molecule has 0 aliphatic heterocycles. The third-order valence-corrected chi connectivity index (χ3v) is 4.59. The molecule has 0 amide bonds. The molecule has 0 atom stereocenters. The van der Waals surface area contributed by atoms with Crippen molar-refractivity contribution in [3.63, 3.8) is 0 Å². The Labute approximate surface area is 103 Å². The van der Waals surface area contributed by atoms with E-state index in [0.29, 0.717) is 18.3 Å².